The summed E-state index contributed by atoms with van der Waals surface area (Å²) in [6.07, 6.45) is 1.57. The summed E-state index contributed by atoms with van der Waals surface area (Å²) in [5.74, 6) is 0.772. The monoisotopic (exact) mass is 390 g/mol. The molecular formula is C22H28ClFN2O. The highest BCUT2D eigenvalue weighted by Gasteiger charge is 2.30. The van der Waals surface area contributed by atoms with Crippen LogP contribution in [0.5, 0.6) is 5.75 Å². The van der Waals surface area contributed by atoms with Crippen molar-refractivity contribution in [2.24, 2.45) is 0 Å². The summed E-state index contributed by atoms with van der Waals surface area (Å²) in [7, 11) is 1.63. The van der Waals surface area contributed by atoms with E-state index in [2.05, 4.69) is 17.1 Å². The Balaban J connectivity index is 1.77. The molecule has 1 unspecified atom stereocenters. The van der Waals surface area contributed by atoms with Crippen LogP contribution in [0.3, 0.4) is 0 Å². The molecule has 0 bridgehead atoms. The Morgan fingerprint density at radius 1 is 1.15 bits per heavy atom. The number of nitrogens with one attached hydrogen (secondary N) is 1. The molecule has 146 valence electrons. The van der Waals surface area contributed by atoms with E-state index in [-0.39, 0.29) is 6.42 Å². The van der Waals surface area contributed by atoms with Gasteiger partial charge in [-0.1, -0.05) is 42.8 Å². The van der Waals surface area contributed by atoms with E-state index in [1.807, 2.05) is 42.5 Å². The predicted octanol–water partition coefficient (Wildman–Crippen LogP) is 4.66. The van der Waals surface area contributed by atoms with Gasteiger partial charge in [-0.3, -0.25) is 0 Å². The highest BCUT2D eigenvalue weighted by molar-refractivity contribution is 6.22. The van der Waals surface area contributed by atoms with Gasteiger partial charge in [-0.25, -0.2) is 4.39 Å². The molecule has 0 spiro atoms. The SMILES string of the molecule is CCc1cc(C(F)(Cl)CCc2ccccc2OC)ccc1N1CCNCC1. The lowest BCUT2D eigenvalue weighted by atomic mass is 9.97. The van der Waals surface area contributed by atoms with Crippen molar-refractivity contribution in [1.29, 1.82) is 0 Å². The van der Waals surface area contributed by atoms with Gasteiger partial charge in [0.25, 0.3) is 0 Å². The molecule has 27 heavy (non-hydrogen) atoms. The Hall–Kier alpha value is -1.78. The van der Waals surface area contributed by atoms with Gasteiger partial charge >= 0.3 is 0 Å². The molecule has 0 amide bonds. The Kier molecular flexibility index (Phi) is 6.61. The lowest BCUT2D eigenvalue weighted by Crippen LogP contribution is -2.43. The maximum absolute atomic E-state index is 15.3. The first-order valence-electron chi connectivity index (χ1n) is 9.64. The number of alkyl halides is 2. The van der Waals surface area contributed by atoms with Gasteiger partial charge in [0, 0.05) is 43.9 Å². The number of para-hydroxylation sites is 1. The molecular weight excluding hydrogens is 363 g/mol. The Morgan fingerprint density at radius 2 is 1.89 bits per heavy atom. The van der Waals surface area contributed by atoms with E-state index in [0.29, 0.717) is 12.0 Å². The number of hydrogen-bond donors (Lipinski definition) is 1. The molecule has 3 rings (SSSR count). The number of anilines is 1. The van der Waals surface area contributed by atoms with Crippen molar-refractivity contribution in [3.05, 3.63) is 59.2 Å². The first kappa shape index (κ1) is 20.0. The summed E-state index contributed by atoms with van der Waals surface area (Å²) >= 11 is 6.34. The molecule has 0 aliphatic carbocycles. The average molecular weight is 391 g/mol. The number of ether oxygens (including phenoxy) is 1. The van der Waals surface area contributed by atoms with Gasteiger partial charge in [0.05, 0.1) is 7.11 Å². The highest BCUT2D eigenvalue weighted by Crippen LogP contribution is 2.38. The molecule has 0 aromatic heterocycles. The summed E-state index contributed by atoms with van der Waals surface area (Å²) < 4.78 is 20.7. The Bertz CT molecular complexity index is 760. The molecule has 1 N–H and O–H groups in total. The third kappa shape index (κ3) is 4.74. The van der Waals surface area contributed by atoms with E-state index in [1.54, 1.807) is 7.11 Å². The van der Waals surface area contributed by atoms with Crippen LogP contribution in [0.1, 0.15) is 30.0 Å². The zero-order valence-electron chi connectivity index (χ0n) is 16.1. The molecule has 1 aliphatic heterocycles. The molecule has 1 saturated heterocycles. The van der Waals surface area contributed by atoms with Crippen molar-refractivity contribution in [3.8, 4) is 5.75 Å². The van der Waals surface area contributed by atoms with E-state index in [0.717, 1.165) is 49.5 Å². The number of rotatable bonds is 7. The van der Waals surface area contributed by atoms with Crippen molar-refractivity contribution >= 4 is 17.3 Å². The molecule has 1 aliphatic rings. The molecule has 1 heterocycles. The van der Waals surface area contributed by atoms with Gasteiger partial charge in [0.1, 0.15) is 5.75 Å². The van der Waals surface area contributed by atoms with Crippen molar-refractivity contribution in [1.82, 2.24) is 5.32 Å². The van der Waals surface area contributed by atoms with Crippen LogP contribution in [-0.4, -0.2) is 33.3 Å². The highest BCUT2D eigenvalue weighted by atomic mass is 35.5. The fourth-order valence-electron chi connectivity index (χ4n) is 3.66. The smallest absolute Gasteiger partial charge is 0.209 e. The van der Waals surface area contributed by atoms with Crippen LogP contribution < -0.4 is 15.0 Å². The summed E-state index contributed by atoms with van der Waals surface area (Å²) in [6, 6.07) is 13.5. The predicted molar refractivity (Wildman–Crippen MR) is 111 cm³/mol. The molecule has 3 nitrogen and oxygen atoms in total. The standard InChI is InChI=1S/C22H28ClFN2O/c1-3-17-16-19(8-9-20(17)26-14-12-25-13-15-26)22(23,24)11-10-18-6-4-5-7-21(18)27-2/h4-9,16,25H,3,10-15H2,1-2H3. The van der Waals surface area contributed by atoms with E-state index in [1.165, 1.54) is 5.69 Å². The van der Waals surface area contributed by atoms with Gasteiger partial charge in [-0.2, -0.15) is 0 Å². The van der Waals surface area contributed by atoms with E-state index >= 15 is 4.39 Å². The molecule has 0 radical (unpaired) electrons. The van der Waals surface area contributed by atoms with Gasteiger partial charge in [0.2, 0.25) is 5.13 Å². The third-order valence-electron chi connectivity index (χ3n) is 5.24. The van der Waals surface area contributed by atoms with Gasteiger partial charge < -0.3 is 15.0 Å². The lowest BCUT2D eigenvalue weighted by Gasteiger charge is -2.32. The van der Waals surface area contributed by atoms with Gasteiger partial charge in [0.15, 0.2) is 0 Å². The minimum absolute atomic E-state index is 0.199. The summed E-state index contributed by atoms with van der Waals surface area (Å²) in [5.41, 5.74) is 3.85. The summed E-state index contributed by atoms with van der Waals surface area (Å²) in [5, 5.41) is 1.47. The summed E-state index contributed by atoms with van der Waals surface area (Å²) in [4.78, 5) is 2.36. The molecule has 1 atom stereocenters. The number of methoxy groups -OCH3 is 1. The number of piperazine rings is 1. The van der Waals surface area contributed by atoms with E-state index < -0.39 is 5.13 Å². The van der Waals surface area contributed by atoms with Crippen molar-refractivity contribution < 1.29 is 9.13 Å². The fourth-order valence-corrected chi connectivity index (χ4v) is 3.87. The topological polar surface area (TPSA) is 24.5 Å². The van der Waals surface area contributed by atoms with Crippen LogP contribution in [0.15, 0.2) is 42.5 Å². The molecule has 2 aromatic rings. The summed E-state index contributed by atoms with van der Waals surface area (Å²) in [6.45, 7) is 6.01. The number of nitrogens with zero attached hydrogens (tertiary/aromatic N) is 1. The zero-order chi connectivity index (χ0) is 19.3. The quantitative estimate of drug-likeness (QED) is 0.696. The minimum Gasteiger partial charge on any atom is -0.496 e. The van der Waals surface area contributed by atoms with Crippen molar-refractivity contribution in [2.75, 3.05) is 38.2 Å². The van der Waals surface area contributed by atoms with E-state index in [9.17, 15) is 0 Å². The van der Waals surface area contributed by atoms with Crippen molar-refractivity contribution in [3.63, 3.8) is 0 Å². The van der Waals surface area contributed by atoms with Crippen LogP contribution >= 0.6 is 11.6 Å². The second-order valence-corrected chi connectivity index (χ2v) is 7.55. The number of hydrogen-bond acceptors (Lipinski definition) is 3. The Morgan fingerprint density at radius 3 is 2.59 bits per heavy atom. The first-order valence-corrected chi connectivity index (χ1v) is 10.0. The maximum Gasteiger partial charge on any atom is 0.209 e. The molecule has 2 aromatic carbocycles. The van der Waals surface area contributed by atoms with Gasteiger partial charge in [-0.05, 0) is 42.2 Å². The third-order valence-corrected chi connectivity index (χ3v) is 5.65. The first-order chi connectivity index (χ1) is 13.0. The zero-order valence-corrected chi connectivity index (χ0v) is 16.9. The normalized spacial score (nSPS) is 16.8. The van der Waals surface area contributed by atoms with Crippen LogP contribution in [-0.2, 0) is 18.0 Å². The van der Waals surface area contributed by atoms with Crippen LogP contribution in [0.25, 0.3) is 0 Å². The number of benzene rings is 2. The van der Waals surface area contributed by atoms with Crippen molar-refractivity contribution in [2.45, 2.75) is 31.3 Å². The fraction of sp³-hybridized carbons (Fsp3) is 0.455. The van der Waals surface area contributed by atoms with Crippen LogP contribution in [0, 0.1) is 0 Å². The second kappa shape index (κ2) is 8.94. The second-order valence-electron chi connectivity index (χ2n) is 6.95. The molecule has 1 fully saturated rings. The molecule has 5 heteroatoms. The lowest BCUT2D eigenvalue weighted by molar-refractivity contribution is 0.264. The number of aryl methyl sites for hydroxylation is 2. The minimum atomic E-state index is -1.90. The van der Waals surface area contributed by atoms with Crippen LogP contribution in [0.2, 0.25) is 0 Å². The molecule has 0 saturated carbocycles. The average Bonchev–Trinajstić information content (AvgIpc) is 2.72. The van der Waals surface area contributed by atoms with Gasteiger partial charge in [-0.15, -0.1) is 0 Å². The van der Waals surface area contributed by atoms with E-state index in [4.69, 9.17) is 16.3 Å². The van der Waals surface area contributed by atoms with Crippen LogP contribution in [0.4, 0.5) is 10.1 Å². The number of halogens is 2. The largest absolute Gasteiger partial charge is 0.496 e. The Labute approximate surface area is 166 Å². The maximum atomic E-state index is 15.3.